The van der Waals surface area contributed by atoms with E-state index < -0.39 is 23.3 Å². The van der Waals surface area contributed by atoms with Gasteiger partial charge in [-0.25, -0.2) is 4.79 Å². The Hall–Kier alpha value is -0.224. The second-order valence-corrected chi connectivity index (χ2v) is 6.48. The van der Waals surface area contributed by atoms with Gasteiger partial charge < -0.3 is 16.6 Å². The molecule has 120 valence electrons. The topological polar surface area (TPSA) is 120 Å². The van der Waals surface area contributed by atoms with E-state index in [9.17, 15) is 19.5 Å². The van der Waals surface area contributed by atoms with Crippen LogP contribution in [0, 0.1) is 11.3 Å². The number of methoxy groups -OCH3 is 1. The van der Waals surface area contributed by atoms with E-state index >= 15 is 0 Å². The van der Waals surface area contributed by atoms with E-state index in [0.717, 1.165) is 16.7 Å². The molecule has 2 heterocycles. The average Bonchev–Trinajstić information content (AvgIpc) is 2.51. The first-order valence-electron chi connectivity index (χ1n) is 6.20. The van der Waals surface area contributed by atoms with Gasteiger partial charge in [0.1, 0.15) is 17.2 Å². The van der Waals surface area contributed by atoms with Crippen LogP contribution in [0.3, 0.4) is 0 Å². The second-order valence-electron chi connectivity index (χ2n) is 4.39. The van der Waals surface area contributed by atoms with E-state index in [-0.39, 0.29) is 81.7 Å². The Bertz CT molecular complexity index is 598. The molecular formula is C12H14KN3O5S2. The zero-order valence-corrected chi connectivity index (χ0v) is 17.3. The molecule has 23 heavy (non-hydrogen) atoms. The number of carbonyl (C=O) groups excluding carboxylic acids is 2. The molecule has 1 saturated heterocycles. The van der Waals surface area contributed by atoms with Gasteiger partial charge in [0.2, 0.25) is 5.91 Å². The molecule has 0 aromatic carbocycles. The van der Waals surface area contributed by atoms with Gasteiger partial charge >= 0.3 is 57.4 Å². The fourth-order valence-corrected chi connectivity index (χ4v) is 3.93. The van der Waals surface area contributed by atoms with E-state index in [1.165, 1.54) is 18.9 Å². The van der Waals surface area contributed by atoms with Gasteiger partial charge in [-0.2, -0.15) is 5.26 Å². The van der Waals surface area contributed by atoms with Crippen molar-refractivity contribution in [3.8, 4) is 6.07 Å². The van der Waals surface area contributed by atoms with Crippen LogP contribution in [0.1, 0.15) is 1.43 Å². The van der Waals surface area contributed by atoms with E-state index in [1.807, 2.05) is 6.07 Å². The number of nitrogens with one attached hydrogen (secondary N) is 1. The number of thioether (sulfide) groups is 2. The van der Waals surface area contributed by atoms with Crippen molar-refractivity contribution in [3.63, 3.8) is 0 Å². The van der Waals surface area contributed by atoms with E-state index in [1.54, 1.807) is 0 Å². The maximum Gasteiger partial charge on any atom is 1.00 e. The first kappa shape index (κ1) is 20.8. The number of rotatable bonds is 6. The van der Waals surface area contributed by atoms with Crippen LogP contribution >= 0.6 is 23.5 Å². The molecule has 1 fully saturated rings. The van der Waals surface area contributed by atoms with Crippen LogP contribution in [0.5, 0.6) is 0 Å². The number of hydrogen-bond acceptors (Lipinski definition) is 7. The summed E-state index contributed by atoms with van der Waals surface area (Å²) in [5.41, 5.74) is -0.166. The van der Waals surface area contributed by atoms with E-state index in [2.05, 4.69) is 5.32 Å². The van der Waals surface area contributed by atoms with Crippen molar-refractivity contribution < 1.29 is 77.0 Å². The van der Waals surface area contributed by atoms with Crippen molar-refractivity contribution >= 4 is 41.3 Å². The Balaban J connectivity index is 0.00000264. The van der Waals surface area contributed by atoms with Crippen molar-refractivity contribution in [2.75, 3.05) is 24.4 Å². The summed E-state index contributed by atoms with van der Waals surface area (Å²) >= 11 is 2.48. The second kappa shape index (κ2) is 9.31. The molecule has 2 rings (SSSR count). The SMILES string of the molecule is COC1=C(C(=O)O)N2C(=O)C(NC(=O)CSCC#N)[C@H]2SC1.[H-].[K+]. The third-order valence-electron chi connectivity index (χ3n) is 3.10. The smallest absolute Gasteiger partial charge is 1.00 e. The van der Waals surface area contributed by atoms with Crippen molar-refractivity contribution in [2.24, 2.45) is 0 Å². The minimum Gasteiger partial charge on any atom is -1.00 e. The number of carbonyl (C=O) groups is 3. The minimum atomic E-state index is -1.23. The summed E-state index contributed by atoms with van der Waals surface area (Å²) in [6.07, 6.45) is 0. The number of ether oxygens (including phenoxy) is 1. The predicted octanol–water partition coefficient (Wildman–Crippen LogP) is -3.30. The summed E-state index contributed by atoms with van der Waals surface area (Å²) in [6, 6.07) is 1.16. The molecule has 0 spiro atoms. The summed E-state index contributed by atoms with van der Waals surface area (Å²) < 4.78 is 5.01. The molecule has 2 aliphatic heterocycles. The number of aliphatic carboxylic acids is 1. The third-order valence-corrected chi connectivity index (χ3v) is 5.15. The van der Waals surface area contributed by atoms with Gasteiger partial charge in [-0.3, -0.25) is 14.5 Å². The first-order valence-corrected chi connectivity index (χ1v) is 8.40. The summed E-state index contributed by atoms with van der Waals surface area (Å²) in [5, 5.41) is 19.8. The molecule has 2 amide bonds. The van der Waals surface area contributed by atoms with Crippen molar-refractivity contribution in [2.45, 2.75) is 11.4 Å². The van der Waals surface area contributed by atoms with Gasteiger partial charge in [-0.1, -0.05) is 0 Å². The number of carboxylic acids is 1. The molecule has 0 aromatic heterocycles. The number of β-lactam (4-membered cyclic amide) rings is 1. The molecule has 2 atom stereocenters. The van der Waals surface area contributed by atoms with Crippen molar-refractivity contribution in [3.05, 3.63) is 11.5 Å². The zero-order valence-electron chi connectivity index (χ0n) is 13.6. The summed E-state index contributed by atoms with van der Waals surface area (Å²) in [4.78, 5) is 36.3. The summed E-state index contributed by atoms with van der Waals surface area (Å²) in [5.74, 6) is -1.22. The Labute approximate surface area is 185 Å². The third kappa shape index (κ3) is 4.44. The largest absolute Gasteiger partial charge is 1.00 e. The van der Waals surface area contributed by atoms with Gasteiger partial charge in [0.05, 0.1) is 30.4 Å². The Morgan fingerprint density at radius 2 is 2.35 bits per heavy atom. The molecule has 8 nitrogen and oxygen atoms in total. The maximum atomic E-state index is 12.1. The number of nitriles is 1. The number of hydrogen-bond donors (Lipinski definition) is 2. The molecule has 0 radical (unpaired) electrons. The van der Waals surface area contributed by atoms with Crippen LogP contribution in [-0.2, 0) is 19.1 Å². The van der Waals surface area contributed by atoms with E-state index in [0.29, 0.717) is 5.75 Å². The van der Waals surface area contributed by atoms with Gasteiger partial charge in [-0.05, 0) is 0 Å². The first-order chi connectivity index (χ1) is 10.5. The molecule has 0 aliphatic carbocycles. The number of amides is 2. The molecule has 0 saturated carbocycles. The van der Waals surface area contributed by atoms with Crippen LogP contribution in [0.4, 0.5) is 0 Å². The average molecular weight is 383 g/mol. The molecule has 1 unspecified atom stereocenters. The molecule has 0 bridgehead atoms. The molecule has 0 aromatic rings. The molecular weight excluding hydrogens is 369 g/mol. The maximum absolute atomic E-state index is 12.1. The Kier molecular flexibility index (Phi) is 8.43. The van der Waals surface area contributed by atoms with Crippen LogP contribution in [0.15, 0.2) is 11.5 Å². The molecule has 2 N–H and O–H groups in total. The minimum absolute atomic E-state index is 0. The van der Waals surface area contributed by atoms with Gasteiger partial charge in [0.15, 0.2) is 5.70 Å². The number of carboxylic acid groups (broad SMARTS) is 1. The van der Waals surface area contributed by atoms with Crippen LogP contribution in [0.2, 0.25) is 0 Å². The zero-order chi connectivity index (χ0) is 16.3. The van der Waals surface area contributed by atoms with Gasteiger partial charge in [-0.15, -0.1) is 23.5 Å². The standard InChI is InChI=1S/C12H13N3O5S2.K.H/c1-20-6-4-22-11-8(14-7(16)5-21-3-2-13)10(17)15(11)9(6)12(18)19;;/h8,11H,3-5H2,1H3,(H,14,16)(H,18,19);;/q;+1;-1/t8?,11-;;/m1../s1. The Morgan fingerprint density at radius 3 is 2.91 bits per heavy atom. The van der Waals surface area contributed by atoms with Crippen molar-refractivity contribution in [1.29, 1.82) is 5.26 Å². The predicted molar refractivity (Wildman–Crippen MR) is 80.7 cm³/mol. The number of fused-ring (bicyclic) bond motifs is 1. The summed E-state index contributed by atoms with van der Waals surface area (Å²) in [7, 11) is 1.36. The fourth-order valence-electron chi connectivity index (χ4n) is 2.15. The van der Waals surface area contributed by atoms with Crippen LogP contribution in [0.25, 0.3) is 0 Å². The van der Waals surface area contributed by atoms with Crippen LogP contribution in [-0.4, -0.2) is 63.6 Å². The summed E-state index contributed by atoms with van der Waals surface area (Å²) in [6.45, 7) is 0. The fraction of sp³-hybridized carbons (Fsp3) is 0.500. The normalized spacial score (nSPS) is 22.3. The monoisotopic (exact) mass is 383 g/mol. The van der Waals surface area contributed by atoms with Crippen molar-refractivity contribution in [1.82, 2.24) is 10.2 Å². The van der Waals surface area contributed by atoms with Gasteiger partial charge in [0, 0.05) is 0 Å². The molecule has 11 heteroatoms. The molecule has 2 aliphatic rings. The quantitative estimate of drug-likeness (QED) is 0.278. The van der Waals surface area contributed by atoms with Gasteiger partial charge in [0.25, 0.3) is 5.91 Å². The Morgan fingerprint density at radius 1 is 1.65 bits per heavy atom. The number of nitrogens with zero attached hydrogens (tertiary/aromatic N) is 2. The van der Waals surface area contributed by atoms with E-state index in [4.69, 9.17) is 10.00 Å². The van der Waals surface area contributed by atoms with Crippen LogP contribution < -0.4 is 56.7 Å².